The Labute approximate surface area is 280 Å². The van der Waals surface area contributed by atoms with Crippen LogP contribution in [0.2, 0.25) is 0 Å². The predicted octanol–water partition coefficient (Wildman–Crippen LogP) is 11.6. The Balaban J connectivity index is 1.64. The molecule has 0 saturated heterocycles. The van der Waals surface area contributed by atoms with Crippen LogP contribution in [0.5, 0.6) is 0 Å². The Kier molecular flexibility index (Phi) is 7.56. The Bertz CT molecular complexity index is 2400. The number of anilines is 1. The number of fused-ring (bicyclic) bond motifs is 2. The summed E-state index contributed by atoms with van der Waals surface area (Å²) in [6.45, 7) is 2.04. The fourth-order valence-corrected chi connectivity index (χ4v) is 6.76. The summed E-state index contributed by atoms with van der Waals surface area (Å²) in [6, 6.07) is 57.9. The SMILES string of the molecule is Cc1ccc(NC(=O)c2c3ccccc3nc3c(-c4ccccc4)c(-c4ccccc4)c(-c4ccccc4)c(-c4ccccc4)c23)cc1. The van der Waals surface area contributed by atoms with Crippen LogP contribution in [0.25, 0.3) is 66.3 Å². The topological polar surface area (TPSA) is 42.0 Å². The number of carbonyl (C=O) groups is 1. The number of nitrogens with zero attached hydrogens (tertiary/aromatic N) is 1. The number of nitrogens with one attached hydrogen (secondary N) is 1. The number of para-hydroxylation sites is 1. The van der Waals surface area contributed by atoms with Crippen LogP contribution in [0, 0.1) is 6.92 Å². The molecule has 0 unspecified atom stereocenters. The molecule has 3 nitrogen and oxygen atoms in total. The summed E-state index contributed by atoms with van der Waals surface area (Å²) in [6.07, 6.45) is 0. The van der Waals surface area contributed by atoms with Gasteiger partial charge >= 0.3 is 0 Å². The summed E-state index contributed by atoms with van der Waals surface area (Å²) in [5.41, 5.74) is 12.3. The molecule has 8 rings (SSSR count). The smallest absolute Gasteiger partial charge is 0.257 e. The van der Waals surface area contributed by atoms with Gasteiger partial charge in [0.05, 0.1) is 16.6 Å². The largest absolute Gasteiger partial charge is 0.322 e. The van der Waals surface area contributed by atoms with Gasteiger partial charge in [0.1, 0.15) is 0 Å². The first-order valence-corrected chi connectivity index (χ1v) is 16.2. The van der Waals surface area contributed by atoms with E-state index in [0.717, 1.165) is 77.6 Å². The highest BCUT2D eigenvalue weighted by molar-refractivity contribution is 6.28. The molecule has 8 aromatic rings. The van der Waals surface area contributed by atoms with Crippen LogP contribution in [-0.2, 0) is 0 Å². The van der Waals surface area contributed by atoms with Crippen molar-refractivity contribution in [1.29, 1.82) is 0 Å². The first-order valence-electron chi connectivity index (χ1n) is 16.2. The Morgan fingerprint density at radius 1 is 0.479 bits per heavy atom. The van der Waals surface area contributed by atoms with Gasteiger partial charge in [0.2, 0.25) is 0 Å². The minimum Gasteiger partial charge on any atom is -0.322 e. The van der Waals surface area contributed by atoms with Crippen molar-refractivity contribution >= 4 is 33.4 Å². The first-order chi connectivity index (χ1) is 23.7. The monoisotopic (exact) mass is 616 g/mol. The van der Waals surface area contributed by atoms with Gasteiger partial charge < -0.3 is 5.32 Å². The lowest BCUT2D eigenvalue weighted by atomic mass is 9.78. The number of rotatable bonds is 6. The molecular formula is C45H32N2O. The number of aromatic nitrogens is 1. The van der Waals surface area contributed by atoms with Gasteiger partial charge in [0, 0.05) is 33.2 Å². The lowest BCUT2D eigenvalue weighted by Crippen LogP contribution is -2.14. The molecule has 0 fully saturated rings. The average molecular weight is 617 g/mol. The van der Waals surface area contributed by atoms with E-state index in [0.29, 0.717) is 5.56 Å². The number of amides is 1. The summed E-state index contributed by atoms with van der Waals surface area (Å²) in [7, 11) is 0. The van der Waals surface area contributed by atoms with E-state index in [1.54, 1.807) is 0 Å². The lowest BCUT2D eigenvalue weighted by Gasteiger charge is -2.25. The number of benzene rings is 7. The molecule has 1 aromatic heterocycles. The normalized spacial score (nSPS) is 11.1. The quantitative estimate of drug-likeness (QED) is 0.189. The van der Waals surface area contributed by atoms with Crippen LogP contribution < -0.4 is 5.32 Å². The van der Waals surface area contributed by atoms with Crippen LogP contribution in [0.3, 0.4) is 0 Å². The number of hydrogen-bond acceptors (Lipinski definition) is 2. The van der Waals surface area contributed by atoms with Crippen molar-refractivity contribution in [2.45, 2.75) is 6.92 Å². The summed E-state index contributed by atoms with van der Waals surface area (Å²) in [5, 5.41) is 4.87. The minimum atomic E-state index is -0.176. The molecule has 0 spiro atoms. The molecule has 0 saturated carbocycles. The summed E-state index contributed by atoms with van der Waals surface area (Å²) in [5.74, 6) is -0.176. The van der Waals surface area contributed by atoms with Gasteiger partial charge in [0.25, 0.3) is 5.91 Å². The van der Waals surface area contributed by atoms with Crippen LogP contribution in [0.1, 0.15) is 15.9 Å². The van der Waals surface area contributed by atoms with Crippen molar-refractivity contribution in [3.05, 3.63) is 181 Å². The molecule has 0 atom stereocenters. The zero-order chi connectivity index (χ0) is 32.5. The minimum absolute atomic E-state index is 0.176. The molecule has 7 aromatic carbocycles. The van der Waals surface area contributed by atoms with Crippen molar-refractivity contribution in [1.82, 2.24) is 4.98 Å². The predicted molar refractivity (Wildman–Crippen MR) is 200 cm³/mol. The highest BCUT2D eigenvalue weighted by Gasteiger charge is 2.29. The summed E-state index contributed by atoms with van der Waals surface area (Å²) < 4.78 is 0. The Morgan fingerprint density at radius 3 is 1.46 bits per heavy atom. The maximum atomic E-state index is 14.8. The second-order valence-corrected chi connectivity index (χ2v) is 12.0. The zero-order valence-electron chi connectivity index (χ0n) is 26.5. The maximum absolute atomic E-state index is 14.8. The molecule has 0 aliphatic rings. The molecule has 1 N–H and O–H groups in total. The van der Waals surface area contributed by atoms with E-state index in [9.17, 15) is 4.79 Å². The van der Waals surface area contributed by atoms with E-state index in [1.165, 1.54) is 0 Å². The second-order valence-electron chi connectivity index (χ2n) is 12.0. The first kappa shape index (κ1) is 29.1. The van der Waals surface area contributed by atoms with Crippen LogP contribution in [-0.4, -0.2) is 10.9 Å². The fraction of sp³-hybridized carbons (Fsp3) is 0.0222. The van der Waals surface area contributed by atoms with Gasteiger partial charge in [-0.2, -0.15) is 0 Å². The van der Waals surface area contributed by atoms with Crippen LogP contribution >= 0.6 is 0 Å². The maximum Gasteiger partial charge on any atom is 0.257 e. The van der Waals surface area contributed by atoms with Crippen molar-refractivity contribution in [2.24, 2.45) is 0 Å². The van der Waals surface area contributed by atoms with Gasteiger partial charge in [-0.25, -0.2) is 4.98 Å². The molecule has 0 bridgehead atoms. The van der Waals surface area contributed by atoms with E-state index in [4.69, 9.17) is 4.98 Å². The average Bonchev–Trinajstić information content (AvgIpc) is 3.15. The van der Waals surface area contributed by atoms with E-state index < -0.39 is 0 Å². The van der Waals surface area contributed by atoms with Crippen molar-refractivity contribution < 1.29 is 4.79 Å². The lowest BCUT2D eigenvalue weighted by molar-refractivity contribution is 0.103. The van der Waals surface area contributed by atoms with E-state index >= 15 is 0 Å². The Morgan fingerprint density at radius 2 is 0.917 bits per heavy atom. The Hall–Kier alpha value is -6.32. The van der Waals surface area contributed by atoms with Crippen molar-refractivity contribution in [2.75, 3.05) is 5.32 Å². The highest BCUT2D eigenvalue weighted by Crippen LogP contribution is 2.52. The standard InChI is InChI=1S/C45H32N2O/c1-30-26-28-35(29-27-30)46-45(48)42-36-24-14-15-25-37(36)47-44-41(34-22-12-5-13-23-34)39(32-18-8-3-9-19-32)38(31-16-6-2-7-17-31)40(43(42)44)33-20-10-4-11-21-33/h2-29H,1H3,(H,46,48). The molecule has 0 radical (unpaired) electrons. The van der Waals surface area contributed by atoms with Gasteiger partial charge in [-0.1, -0.05) is 157 Å². The highest BCUT2D eigenvalue weighted by atomic mass is 16.1. The number of carbonyl (C=O) groups excluding carboxylic acids is 1. The molecular weight excluding hydrogens is 585 g/mol. The molecule has 1 amide bonds. The second kappa shape index (κ2) is 12.5. The number of pyridine rings is 1. The zero-order valence-corrected chi connectivity index (χ0v) is 26.5. The fourth-order valence-electron chi connectivity index (χ4n) is 6.76. The molecule has 48 heavy (non-hydrogen) atoms. The molecule has 0 aliphatic heterocycles. The summed E-state index contributed by atoms with van der Waals surface area (Å²) in [4.78, 5) is 20.3. The van der Waals surface area contributed by atoms with Gasteiger partial charge in [0.15, 0.2) is 0 Å². The molecule has 3 heteroatoms. The van der Waals surface area contributed by atoms with Crippen molar-refractivity contribution in [3.63, 3.8) is 0 Å². The van der Waals surface area contributed by atoms with E-state index in [2.05, 4.69) is 102 Å². The molecule has 0 aliphatic carbocycles. The third-order valence-corrected chi connectivity index (χ3v) is 8.92. The van der Waals surface area contributed by atoms with Gasteiger partial charge in [-0.05, 0) is 52.9 Å². The van der Waals surface area contributed by atoms with E-state index in [-0.39, 0.29) is 5.91 Å². The molecule has 1 heterocycles. The van der Waals surface area contributed by atoms with Crippen LogP contribution in [0.15, 0.2) is 170 Å². The molecule has 228 valence electrons. The van der Waals surface area contributed by atoms with Gasteiger partial charge in [-0.15, -0.1) is 0 Å². The summed E-state index contributed by atoms with van der Waals surface area (Å²) >= 11 is 0. The number of hydrogen-bond donors (Lipinski definition) is 1. The number of aryl methyl sites for hydroxylation is 1. The third-order valence-electron chi connectivity index (χ3n) is 8.92. The van der Waals surface area contributed by atoms with E-state index in [1.807, 2.05) is 79.7 Å². The van der Waals surface area contributed by atoms with Crippen molar-refractivity contribution in [3.8, 4) is 44.5 Å². The van der Waals surface area contributed by atoms with Crippen LogP contribution in [0.4, 0.5) is 5.69 Å². The third kappa shape index (κ3) is 5.22. The van der Waals surface area contributed by atoms with Gasteiger partial charge in [-0.3, -0.25) is 4.79 Å².